The predicted octanol–water partition coefficient (Wildman–Crippen LogP) is 11.4. The summed E-state index contributed by atoms with van der Waals surface area (Å²) >= 11 is 0. The molecule has 1 unspecified atom stereocenters. The van der Waals surface area contributed by atoms with E-state index in [4.69, 9.17) is 4.31 Å². The van der Waals surface area contributed by atoms with Crippen LogP contribution in [-0.2, 0) is 13.4 Å². The van der Waals surface area contributed by atoms with Crippen LogP contribution in [0.3, 0.4) is 0 Å². The quantitative estimate of drug-likeness (QED) is 0.0533. The van der Waals surface area contributed by atoms with Crippen LogP contribution in [0, 0.1) is 0 Å². The molecule has 10 heteroatoms. The second-order valence-electron chi connectivity index (χ2n) is 15.3. The molecule has 0 fully saturated rings. The van der Waals surface area contributed by atoms with E-state index in [2.05, 4.69) is 27.2 Å². The van der Waals surface area contributed by atoms with Crippen molar-refractivity contribution >= 4 is 29.3 Å². The van der Waals surface area contributed by atoms with Crippen molar-refractivity contribution in [3.63, 3.8) is 0 Å². The Labute approximate surface area is 275 Å². The Balaban J connectivity index is 4.67. The van der Waals surface area contributed by atoms with Crippen molar-refractivity contribution in [1.29, 1.82) is 0 Å². The third-order valence-electron chi connectivity index (χ3n) is 9.23. The molecule has 0 saturated heterocycles. The van der Waals surface area contributed by atoms with Crippen molar-refractivity contribution in [2.75, 3.05) is 63.6 Å². The summed E-state index contributed by atoms with van der Waals surface area (Å²) in [6, 6.07) is 0. The van der Waals surface area contributed by atoms with E-state index in [1.54, 1.807) is 0 Å². The second-order valence-corrected chi connectivity index (χ2v) is 30.1. The topological polar surface area (TPSA) is 107 Å². The molecule has 6 nitrogen and oxygen atoms in total. The Bertz CT molecular complexity index is 799. The molecule has 0 heterocycles. The molecule has 0 aliphatic heterocycles. The fourth-order valence-corrected chi connectivity index (χ4v) is 17.2. The number of hydrogen-bond donors (Lipinski definition) is 2. The number of rotatable bonds is 32. The van der Waals surface area contributed by atoms with Crippen LogP contribution in [0.4, 0.5) is 0 Å². The van der Waals surface area contributed by atoms with E-state index in [1.807, 2.05) is 13.3 Å². The number of hydrogen-bond acceptors (Lipinski definition) is 4. The van der Waals surface area contributed by atoms with Crippen LogP contribution in [0.5, 0.6) is 0 Å². The van der Waals surface area contributed by atoms with E-state index in [9.17, 15) is 23.8 Å². The van der Waals surface area contributed by atoms with Gasteiger partial charge in [-0.05, 0) is 0 Å². The maximum absolute atomic E-state index is 13.3. The van der Waals surface area contributed by atoms with E-state index >= 15 is 0 Å². The van der Waals surface area contributed by atoms with Crippen molar-refractivity contribution in [3.05, 3.63) is 0 Å². The van der Waals surface area contributed by atoms with Crippen LogP contribution in [-0.4, -0.2) is 73.4 Å². The molecule has 0 spiro atoms. The third-order valence-corrected chi connectivity index (χ3v) is 20.7. The first-order valence-corrected chi connectivity index (χ1v) is 28.4. The molecule has 0 amide bonds. The van der Waals surface area contributed by atoms with Gasteiger partial charge in [0.1, 0.15) is 0 Å². The van der Waals surface area contributed by atoms with Gasteiger partial charge >= 0.3 is 237 Å². The summed E-state index contributed by atoms with van der Waals surface area (Å²) in [7, 11) is -9.31. The first-order chi connectivity index (χ1) is 20.5. The van der Waals surface area contributed by atoms with Crippen molar-refractivity contribution in [2.24, 2.45) is 0 Å². The van der Waals surface area contributed by atoms with Crippen LogP contribution in [0.2, 0.25) is 0 Å². The van der Waals surface area contributed by atoms with E-state index in [0.717, 1.165) is 25.4 Å². The minimum absolute atomic E-state index is 0.0740. The second kappa shape index (κ2) is 24.3. The van der Waals surface area contributed by atoms with Crippen LogP contribution >= 0.6 is 29.3 Å². The van der Waals surface area contributed by atoms with Gasteiger partial charge in [0.05, 0.1) is 0 Å². The normalized spacial score (nSPS) is 15.2. The minimum atomic E-state index is -4.13. The van der Waals surface area contributed by atoms with E-state index < -0.39 is 29.3 Å². The standard InChI is InChI=1S/C34H76O6P4/c1-7-9-11-13-15-17-19-21-23-25-29-41(3,4)30-27-32-43(38,39)40-44(5,6,34-28-31-42(35,36)37)33-26-24-22-20-18-16-14-12-10-8-2/h7-34H2,1-6H3,(H2-,35,36,37,38,39). The van der Waals surface area contributed by atoms with Gasteiger partial charge in [-0.25, -0.2) is 0 Å². The molecule has 0 aromatic heterocycles. The average molecular weight is 705 g/mol. The molecule has 0 rings (SSSR count). The Morgan fingerprint density at radius 2 is 0.932 bits per heavy atom. The summed E-state index contributed by atoms with van der Waals surface area (Å²) in [5.74, 6) is 0. The predicted molar refractivity (Wildman–Crippen MR) is 200 cm³/mol. The van der Waals surface area contributed by atoms with Crippen LogP contribution in [0.15, 0.2) is 0 Å². The zero-order valence-corrected chi connectivity index (χ0v) is 33.7. The van der Waals surface area contributed by atoms with Crippen molar-refractivity contribution in [3.8, 4) is 0 Å². The molecule has 0 bridgehead atoms. The zero-order valence-electron chi connectivity index (χ0n) is 30.1. The first-order valence-electron chi connectivity index (χ1n) is 18.4. The monoisotopic (exact) mass is 704 g/mol. The fourth-order valence-electron chi connectivity index (χ4n) is 6.35. The number of unbranched alkanes of at least 4 members (excludes halogenated alkanes) is 18. The van der Waals surface area contributed by atoms with Gasteiger partial charge in [0, 0.05) is 0 Å². The molecule has 0 aliphatic rings. The van der Waals surface area contributed by atoms with E-state index in [-0.39, 0.29) is 12.3 Å². The van der Waals surface area contributed by atoms with Gasteiger partial charge in [-0.2, -0.15) is 0 Å². The Kier molecular flexibility index (Phi) is 25.0. The summed E-state index contributed by atoms with van der Waals surface area (Å²) in [5.41, 5.74) is 0. The molecular formula is C34H76O6P4. The molecule has 268 valence electrons. The molecule has 0 aromatic rings. The molecule has 44 heavy (non-hydrogen) atoms. The molecule has 1 atom stereocenters. The van der Waals surface area contributed by atoms with E-state index in [0.29, 0.717) is 25.2 Å². The molecule has 0 aliphatic carbocycles. The molecule has 0 saturated carbocycles. The van der Waals surface area contributed by atoms with Gasteiger partial charge in [0.2, 0.25) is 0 Å². The average Bonchev–Trinajstić information content (AvgIpc) is 2.89. The van der Waals surface area contributed by atoms with Gasteiger partial charge in [-0.1, -0.05) is 39.0 Å². The van der Waals surface area contributed by atoms with Gasteiger partial charge in [0.25, 0.3) is 0 Å². The summed E-state index contributed by atoms with van der Waals surface area (Å²) in [5, 5.41) is 0. The molecule has 0 aromatic carbocycles. The van der Waals surface area contributed by atoms with Gasteiger partial charge in [-0.3, -0.25) is 0 Å². The fraction of sp³-hybridized carbons (Fsp3) is 1.00. The first kappa shape index (κ1) is 45.2. The molecular weight excluding hydrogens is 628 g/mol. The molecule has 2 N–H and O–H groups in total. The van der Waals surface area contributed by atoms with Crippen molar-refractivity contribution in [1.82, 2.24) is 0 Å². The van der Waals surface area contributed by atoms with E-state index in [1.165, 1.54) is 115 Å². The SMILES string of the molecule is CCCCCCCCCCCC[P+](C)(C)CCCP(=O)([O-])OP(C)(C)(CCCCCCCCCCCC)CCCP(=O)(O)O. The summed E-state index contributed by atoms with van der Waals surface area (Å²) in [6.45, 7) is 10.1. The van der Waals surface area contributed by atoms with Crippen LogP contribution in [0.25, 0.3) is 0 Å². The summed E-state index contributed by atoms with van der Waals surface area (Å²) in [4.78, 5) is 32.1. The van der Waals surface area contributed by atoms with Crippen LogP contribution < -0.4 is 4.89 Å². The maximum atomic E-state index is 13.3. The van der Waals surface area contributed by atoms with Gasteiger partial charge < -0.3 is 0 Å². The summed E-state index contributed by atoms with van der Waals surface area (Å²) in [6.07, 6.45) is 29.6. The molecule has 0 radical (unpaired) electrons. The van der Waals surface area contributed by atoms with Gasteiger partial charge in [-0.15, -0.1) is 0 Å². The van der Waals surface area contributed by atoms with Crippen LogP contribution in [0.1, 0.15) is 155 Å². The summed E-state index contributed by atoms with van der Waals surface area (Å²) < 4.78 is 31.0. The Hall–Kier alpha value is 1.16. The van der Waals surface area contributed by atoms with Crippen molar-refractivity contribution < 1.29 is 28.1 Å². The third kappa shape index (κ3) is 28.2. The zero-order chi connectivity index (χ0) is 33.5. The van der Waals surface area contributed by atoms with Gasteiger partial charge in [0.15, 0.2) is 0 Å². The van der Waals surface area contributed by atoms with Crippen molar-refractivity contribution in [2.45, 2.75) is 155 Å². The Morgan fingerprint density at radius 1 is 0.568 bits per heavy atom. The Morgan fingerprint density at radius 3 is 1.36 bits per heavy atom.